The van der Waals surface area contributed by atoms with Crippen LogP contribution in [0.1, 0.15) is 32.8 Å². The molecule has 16 heavy (non-hydrogen) atoms. The van der Waals surface area contributed by atoms with E-state index < -0.39 is 0 Å². The Kier molecular flexibility index (Phi) is 4.70. The van der Waals surface area contributed by atoms with Crippen LogP contribution < -0.4 is 5.43 Å². The molecule has 0 aliphatic carbocycles. The zero-order valence-electron chi connectivity index (χ0n) is 10.0. The first-order valence-electron chi connectivity index (χ1n) is 5.48. The Morgan fingerprint density at radius 1 is 1.31 bits per heavy atom. The molecule has 0 aliphatic rings. The summed E-state index contributed by atoms with van der Waals surface area (Å²) in [6.45, 7) is 5.72. The lowest BCUT2D eigenvalue weighted by Crippen LogP contribution is -2.17. The second-order valence-electron chi connectivity index (χ2n) is 4.19. The molecule has 3 nitrogen and oxygen atoms in total. The van der Waals surface area contributed by atoms with Crippen molar-refractivity contribution in [2.24, 2.45) is 11.0 Å². The molecule has 0 saturated carbocycles. The molecule has 0 radical (unpaired) electrons. The number of amides is 1. The van der Waals surface area contributed by atoms with Gasteiger partial charge in [-0.2, -0.15) is 5.10 Å². The van der Waals surface area contributed by atoms with E-state index in [0.29, 0.717) is 5.92 Å². The van der Waals surface area contributed by atoms with Gasteiger partial charge in [-0.05, 0) is 17.9 Å². The van der Waals surface area contributed by atoms with Crippen molar-refractivity contribution >= 4 is 11.6 Å². The third-order valence-electron chi connectivity index (χ3n) is 2.06. The highest BCUT2D eigenvalue weighted by Gasteiger charge is 2.06. The van der Waals surface area contributed by atoms with Crippen molar-refractivity contribution in [3.63, 3.8) is 0 Å². The van der Waals surface area contributed by atoms with Gasteiger partial charge in [0.1, 0.15) is 0 Å². The molecule has 0 saturated heterocycles. The summed E-state index contributed by atoms with van der Waals surface area (Å²) in [6.07, 6.45) is 0.851. The van der Waals surface area contributed by atoms with E-state index in [1.54, 1.807) is 0 Å². The monoisotopic (exact) mass is 218 g/mol. The van der Waals surface area contributed by atoms with Crippen molar-refractivity contribution in [3.8, 4) is 0 Å². The van der Waals surface area contributed by atoms with Crippen molar-refractivity contribution < 1.29 is 4.79 Å². The normalized spacial score (nSPS) is 11.6. The molecule has 86 valence electrons. The molecule has 0 bridgehead atoms. The van der Waals surface area contributed by atoms with Crippen LogP contribution in [-0.4, -0.2) is 11.6 Å². The molecule has 0 spiro atoms. The fourth-order valence-corrected chi connectivity index (χ4v) is 1.39. The van der Waals surface area contributed by atoms with E-state index in [-0.39, 0.29) is 5.91 Å². The Balaban J connectivity index is 2.87. The van der Waals surface area contributed by atoms with Crippen LogP contribution in [0.3, 0.4) is 0 Å². The van der Waals surface area contributed by atoms with Crippen molar-refractivity contribution in [2.75, 3.05) is 0 Å². The average Bonchev–Trinajstić information content (AvgIpc) is 2.25. The summed E-state index contributed by atoms with van der Waals surface area (Å²) in [5.74, 6) is 0.366. The maximum atomic E-state index is 10.8. The van der Waals surface area contributed by atoms with Gasteiger partial charge in [-0.1, -0.05) is 44.2 Å². The van der Waals surface area contributed by atoms with Gasteiger partial charge in [-0.25, -0.2) is 5.43 Å². The fourth-order valence-electron chi connectivity index (χ4n) is 1.39. The topological polar surface area (TPSA) is 41.5 Å². The van der Waals surface area contributed by atoms with E-state index in [1.165, 1.54) is 6.92 Å². The molecule has 3 heteroatoms. The number of carbonyl (C=O) groups is 1. The van der Waals surface area contributed by atoms with Crippen LogP contribution in [0.25, 0.3) is 0 Å². The minimum atomic E-state index is -0.141. The highest BCUT2D eigenvalue weighted by molar-refractivity contribution is 6.01. The highest BCUT2D eigenvalue weighted by atomic mass is 16.2. The number of hydrazone groups is 1. The molecule has 1 amide bonds. The molecule has 1 aromatic rings. The Bertz CT molecular complexity index is 369. The largest absolute Gasteiger partial charge is 0.274 e. The summed E-state index contributed by atoms with van der Waals surface area (Å²) in [5, 5.41) is 4.15. The number of benzene rings is 1. The second-order valence-corrected chi connectivity index (χ2v) is 4.19. The summed E-state index contributed by atoms with van der Waals surface area (Å²) < 4.78 is 0. The number of hydrogen-bond donors (Lipinski definition) is 1. The van der Waals surface area contributed by atoms with Gasteiger partial charge in [0.15, 0.2) is 0 Å². The maximum absolute atomic E-state index is 10.8. The summed E-state index contributed by atoms with van der Waals surface area (Å²) in [6, 6.07) is 9.92. The quantitative estimate of drug-likeness (QED) is 0.612. The lowest BCUT2D eigenvalue weighted by molar-refractivity contribution is -0.118. The van der Waals surface area contributed by atoms with Crippen LogP contribution in [0.15, 0.2) is 35.4 Å². The molecule has 0 aromatic heterocycles. The molecule has 0 atom stereocenters. The van der Waals surface area contributed by atoms with Crippen molar-refractivity contribution in [1.82, 2.24) is 5.43 Å². The Morgan fingerprint density at radius 2 is 1.94 bits per heavy atom. The van der Waals surface area contributed by atoms with Crippen molar-refractivity contribution in [3.05, 3.63) is 35.9 Å². The van der Waals surface area contributed by atoms with Crippen LogP contribution in [0.2, 0.25) is 0 Å². The summed E-state index contributed by atoms with van der Waals surface area (Å²) in [4.78, 5) is 10.8. The van der Waals surface area contributed by atoms with Crippen LogP contribution in [0.5, 0.6) is 0 Å². The zero-order chi connectivity index (χ0) is 12.0. The standard InChI is InChI=1S/C13H18N2O/c1-10(2)9-13(15-14-11(3)16)12-7-5-4-6-8-12/h4-8,10H,9H2,1-3H3,(H,14,16)/b15-13+. The van der Waals surface area contributed by atoms with Crippen LogP contribution in [0.4, 0.5) is 0 Å². The molecule has 0 unspecified atom stereocenters. The van der Waals surface area contributed by atoms with E-state index >= 15 is 0 Å². The Morgan fingerprint density at radius 3 is 2.44 bits per heavy atom. The number of nitrogens with one attached hydrogen (secondary N) is 1. The molecular formula is C13H18N2O. The van der Waals surface area contributed by atoms with E-state index in [4.69, 9.17) is 0 Å². The lowest BCUT2D eigenvalue weighted by Gasteiger charge is -2.09. The first-order chi connectivity index (χ1) is 7.59. The molecule has 1 N–H and O–H groups in total. The minimum Gasteiger partial charge on any atom is -0.274 e. The average molecular weight is 218 g/mol. The van der Waals surface area contributed by atoms with Gasteiger partial charge in [0, 0.05) is 6.92 Å². The first kappa shape index (κ1) is 12.4. The van der Waals surface area contributed by atoms with Gasteiger partial charge >= 0.3 is 0 Å². The third kappa shape index (κ3) is 4.26. The van der Waals surface area contributed by atoms with E-state index in [9.17, 15) is 4.79 Å². The smallest absolute Gasteiger partial charge is 0.236 e. The highest BCUT2D eigenvalue weighted by Crippen LogP contribution is 2.09. The molecule has 0 aliphatic heterocycles. The van der Waals surface area contributed by atoms with Crippen LogP contribution in [0, 0.1) is 5.92 Å². The SMILES string of the molecule is CC(=O)N/N=C(\CC(C)C)c1ccccc1. The Labute approximate surface area is 96.6 Å². The predicted molar refractivity (Wildman–Crippen MR) is 66.3 cm³/mol. The molecule has 1 rings (SSSR count). The number of hydrogen-bond acceptors (Lipinski definition) is 2. The van der Waals surface area contributed by atoms with E-state index in [2.05, 4.69) is 24.4 Å². The number of nitrogens with zero attached hydrogens (tertiary/aromatic N) is 1. The maximum Gasteiger partial charge on any atom is 0.236 e. The number of rotatable bonds is 4. The lowest BCUT2D eigenvalue weighted by atomic mass is 10.0. The fraction of sp³-hybridized carbons (Fsp3) is 0.385. The van der Waals surface area contributed by atoms with Gasteiger partial charge < -0.3 is 0 Å². The van der Waals surface area contributed by atoms with E-state index in [1.807, 2.05) is 30.3 Å². The third-order valence-corrected chi connectivity index (χ3v) is 2.06. The Hall–Kier alpha value is -1.64. The van der Waals surface area contributed by atoms with Crippen molar-refractivity contribution in [2.45, 2.75) is 27.2 Å². The van der Waals surface area contributed by atoms with Crippen LogP contribution in [-0.2, 0) is 4.79 Å². The van der Waals surface area contributed by atoms with Gasteiger partial charge in [0.25, 0.3) is 0 Å². The summed E-state index contributed by atoms with van der Waals surface area (Å²) >= 11 is 0. The van der Waals surface area contributed by atoms with Gasteiger partial charge in [0.2, 0.25) is 5.91 Å². The summed E-state index contributed by atoms with van der Waals surface area (Å²) in [7, 11) is 0. The van der Waals surface area contributed by atoms with Crippen molar-refractivity contribution in [1.29, 1.82) is 0 Å². The van der Waals surface area contributed by atoms with Gasteiger partial charge in [-0.3, -0.25) is 4.79 Å². The first-order valence-corrected chi connectivity index (χ1v) is 5.48. The van der Waals surface area contributed by atoms with E-state index in [0.717, 1.165) is 17.7 Å². The number of carbonyl (C=O) groups excluding carboxylic acids is 1. The van der Waals surface area contributed by atoms with Gasteiger partial charge in [-0.15, -0.1) is 0 Å². The second kappa shape index (κ2) is 6.05. The molecule has 0 fully saturated rings. The predicted octanol–water partition coefficient (Wildman–Crippen LogP) is 2.57. The van der Waals surface area contributed by atoms with Gasteiger partial charge in [0.05, 0.1) is 5.71 Å². The minimum absolute atomic E-state index is 0.141. The zero-order valence-corrected chi connectivity index (χ0v) is 10.0. The van der Waals surface area contributed by atoms with Crippen LogP contribution >= 0.6 is 0 Å². The molecule has 1 aromatic carbocycles. The molecular weight excluding hydrogens is 200 g/mol. The molecule has 0 heterocycles. The summed E-state index contributed by atoms with van der Waals surface area (Å²) in [5.41, 5.74) is 4.48.